The predicted molar refractivity (Wildman–Crippen MR) is 116 cm³/mol. The van der Waals surface area contributed by atoms with Gasteiger partial charge in [0.15, 0.2) is 5.79 Å². The van der Waals surface area contributed by atoms with E-state index < -0.39 is 47.7 Å². The number of hydrogen-bond acceptors (Lipinski definition) is 8. The molecule has 1 aromatic heterocycles. The fourth-order valence-corrected chi connectivity index (χ4v) is 4.50. The molecule has 3 heterocycles. The van der Waals surface area contributed by atoms with Crippen molar-refractivity contribution in [2.75, 3.05) is 19.8 Å². The van der Waals surface area contributed by atoms with Crippen LogP contribution in [0.15, 0.2) is 46.1 Å². The molecule has 2 aromatic rings. The molecule has 10 heteroatoms. The van der Waals surface area contributed by atoms with Crippen molar-refractivity contribution in [3.63, 3.8) is 0 Å². The van der Waals surface area contributed by atoms with Crippen molar-refractivity contribution in [1.29, 1.82) is 0 Å². The number of aliphatic hydroxyl groups excluding tert-OH is 2. The number of rotatable bonds is 7. The maximum absolute atomic E-state index is 13.3. The molecule has 2 fully saturated rings. The number of ether oxygens (including phenoxy) is 4. The molecule has 4 rings (SSSR count). The van der Waals surface area contributed by atoms with Gasteiger partial charge in [-0.05, 0) is 26.3 Å². The summed E-state index contributed by atoms with van der Waals surface area (Å²) >= 11 is 0. The second-order valence-corrected chi connectivity index (χ2v) is 9.07. The van der Waals surface area contributed by atoms with Gasteiger partial charge in [-0.15, -0.1) is 0 Å². The van der Waals surface area contributed by atoms with Crippen LogP contribution in [-0.4, -0.2) is 56.2 Å². The molecule has 0 radical (unpaired) electrons. The van der Waals surface area contributed by atoms with E-state index in [-0.39, 0.29) is 26.4 Å². The number of aliphatic hydroxyl groups is 2. The van der Waals surface area contributed by atoms with Gasteiger partial charge in [-0.25, -0.2) is 9.36 Å². The summed E-state index contributed by atoms with van der Waals surface area (Å²) in [6.45, 7) is 4.07. The van der Waals surface area contributed by atoms with Crippen molar-refractivity contribution in [2.24, 2.45) is 0 Å². The van der Waals surface area contributed by atoms with Crippen LogP contribution in [0.1, 0.15) is 37.6 Å². The van der Waals surface area contributed by atoms with Crippen LogP contribution < -0.4 is 11.2 Å². The van der Waals surface area contributed by atoms with E-state index in [0.717, 1.165) is 10.1 Å². The highest BCUT2D eigenvalue weighted by Crippen LogP contribution is 2.51. The summed E-state index contributed by atoms with van der Waals surface area (Å²) < 4.78 is 25.8. The molecule has 2 N–H and O–H groups in total. The summed E-state index contributed by atoms with van der Waals surface area (Å²) in [7, 11) is 0. The van der Waals surface area contributed by atoms with Gasteiger partial charge in [0.2, 0.25) is 0 Å². The Morgan fingerprint density at radius 2 is 1.85 bits per heavy atom. The van der Waals surface area contributed by atoms with Gasteiger partial charge in [0.05, 0.1) is 26.4 Å². The molecule has 2 atom stereocenters. The lowest BCUT2D eigenvalue weighted by Crippen LogP contribution is -2.58. The zero-order valence-electron chi connectivity index (χ0n) is 19.0. The summed E-state index contributed by atoms with van der Waals surface area (Å²) in [5.41, 5.74) is -2.49. The smallest absolute Gasteiger partial charge is 0.335 e. The molecular weight excluding hydrogens is 432 g/mol. The first-order chi connectivity index (χ1) is 15.7. The fraction of sp³-hybridized carbons (Fsp3) is 0.565. The number of aromatic nitrogens is 2. The van der Waals surface area contributed by atoms with Crippen LogP contribution in [0.3, 0.4) is 0 Å². The summed E-state index contributed by atoms with van der Waals surface area (Å²) in [5, 5.41) is 20.3. The highest BCUT2D eigenvalue weighted by molar-refractivity contribution is 5.14. The zero-order valence-corrected chi connectivity index (χ0v) is 19.0. The second kappa shape index (κ2) is 8.79. The number of benzene rings is 1. The van der Waals surface area contributed by atoms with Crippen molar-refractivity contribution < 1.29 is 29.2 Å². The molecule has 0 aliphatic carbocycles. The van der Waals surface area contributed by atoms with Crippen LogP contribution in [0, 0.1) is 6.92 Å². The molecule has 2 saturated heterocycles. The molecule has 1 unspecified atom stereocenters. The Morgan fingerprint density at radius 1 is 1.15 bits per heavy atom. The van der Waals surface area contributed by atoms with Crippen molar-refractivity contribution in [3.8, 4) is 0 Å². The van der Waals surface area contributed by atoms with E-state index in [1.54, 1.807) is 20.8 Å². The Bertz CT molecular complexity index is 1110. The van der Waals surface area contributed by atoms with Gasteiger partial charge in [-0.1, -0.05) is 30.3 Å². The Labute approximate surface area is 190 Å². The van der Waals surface area contributed by atoms with Gasteiger partial charge in [-0.3, -0.25) is 9.36 Å². The molecule has 2 aliphatic rings. The molecule has 0 saturated carbocycles. The minimum absolute atomic E-state index is 0.0746. The lowest BCUT2D eigenvalue weighted by atomic mass is 9.84. The highest BCUT2D eigenvalue weighted by Gasteiger charge is 2.66. The lowest BCUT2D eigenvalue weighted by molar-refractivity contribution is -0.220. The molecular formula is C23H30N2O8. The minimum Gasteiger partial charge on any atom is -0.393 e. The van der Waals surface area contributed by atoms with E-state index in [4.69, 9.17) is 18.9 Å². The third-order valence-corrected chi connectivity index (χ3v) is 6.31. The maximum Gasteiger partial charge on any atom is 0.335 e. The average molecular weight is 462 g/mol. The summed E-state index contributed by atoms with van der Waals surface area (Å²) in [6, 6.07) is 9.42. The van der Waals surface area contributed by atoms with Crippen LogP contribution in [0.25, 0.3) is 0 Å². The van der Waals surface area contributed by atoms with E-state index in [1.165, 1.54) is 10.8 Å². The first-order valence-electron chi connectivity index (χ1n) is 10.8. The van der Waals surface area contributed by atoms with Crippen molar-refractivity contribution in [2.45, 2.75) is 63.7 Å². The van der Waals surface area contributed by atoms with Gasteiger partial charge in [0.1, 0.15) is 24.2 Å². The van der Waals surface area contributed by atoms with Crippen LogP contribution in [0.2, 0.25) is 0 Å². The second-order valence-electron chi connectivity index (χ2n) is 9.07. The summed E-state index contributed by atoms with van der Waals surface area (Å²) in [5.74, 6) is -0.946. The highest BCUT2D eigenvalue weighted by atomic mass is 16.8. The third-order valence-electron chi connectivity index (χ3n) is 6.31. The van der Waals surface area contributed by atoms with Crippen molar-refractivity contribution in [1.82, 2.24) is 9.13 Å². The lowest BCUT2D eigenvalue weighted by Gasteiger charge is -2.38. The number of aryl methyl sites for hydroxylation is 1. The Morgan fingerprint density at radius 3 is 2.45 bits per heavy atom. The summed E-state index contributed by atoms with van der Waals surface area (Å²) in [4.78, 5) is 25.9. The number of nitrogens with zero attached hydrogens (tertiary/aromatic N) is 2. The van der Waals surface area contributed by atoms with E-state index in [1.807, 2.05) is 30.3 Å². The molecule has 33 heavy (non-hydrogen) atoms. The van der Waals surface area contributed by atoms with Crippen molar-refractivity contribution in [3.05, 3.63) is 68.5 Å². The predicted octanol–water partition coefficient (Wildman–Crippen LogP) is 0.657. The van der Waals surface area contributed by atoms with Gasteiger partial charge in [0, 0.05) is 18.2 Å². The molecule has 10 nitrogen and oxygen atoms in total. The van der Waals surface area contributed by atoms with Gasteiger partial charge < -0.3 is 29.2 Å². The Kier molecular flexibility index (Phi) is 6.34. The van der Waals surface area contributed by atoms with Crippen LogP contribution >= 0.6 is 0 Å². The van der Waals surface area contributed by atoms with Crippen LogP contribution in [0.5, 0.6) is 0 Å². The van der Waals surface area contributed by atoms with Crippen LogP contribution in [-0.2, 0) is 32.3 Å². The number of hydrogen-bond donors (Lipinski definition) is 2. The fourth-order valence-electron chi connectivity index (χ4n) is 4.50. The van der Waals surface area contributed by atoms with Gasteiger partial charge >= 0.3 is 5.69 Å². The maximum atomic E-state index is 13.3. The standard InChI is InChI=1S/C23H30N2O8/c1-16-10-24(20(29)25(19(16)28)15-30-11-17-7-5-4-6-8-17)18-9-22(14-31-21(2,3)33-22)23(12-26,13-27)32-18/h4-8,10,18,26-27H,9,11-15H2,1-3H3/t18-,22?/m1/s1. The first kappa shape index (κ1) is 23.8. The molecule has 1 aromatic carbocycles. The molecule has 180 valence electrons. The quantitative estimate of drug-likeness (QED) is 0.616. The largest absolute Gasteiger partial charge is 0.393 e. The Hall–Kier alpha value is -2.34. The zero-order chi connectivity index (χ0) is 23.9. The average Bonchev–Trinajstić information content (AvgIpc) is 3.29. The van der Waals surface area contributed by atoms with Gasteiger partial charge in [0.25, 0.3) is 5.56 Å². The van der Waals surface area contributed by atoms with Crippen LogP contribution in [0.4, 0.5) is 0 Å². The molecule has 2 aliphatic heterocycles. The minimum atomic E-state index is -1.48. The van der Waals surface area contributed by atoms with Crippen molar-refractivity contribution >= 4 is 0 Å². The van der Waals surface area contributed by atoms with Gasteiger partial charge in [-0.2, -0.15) is 0 Å². The summed E-state index contributed by atoms with van der Waals surface area (Å²) in [6.07, 6.45) is 0.664. The first-order valence-corrected chi connectivity index (χ1v) is 10.8. The van der Waals surface area contributed by atoms with E-state index in [0.29, 0.717) is 5.56 Å². The molecule has 0 bridgehead atoms. The SMILES string of the molecule is Cc1cn([C@H]2CC3(COC(C)(C)O3)C(CO)(CO)O2)c(=O)n(COCc2ccccc2)c1=O. The Balaban J connectivity index is 1.64. The molecule has 0 amide bonds. The van der Waals surface area contributed by atoms with E-state index in [2.05, 4.69) is 0 Å². The molecule has 1 spiro atoms. The normalized spacial score (nSPS) is 25.7. The topological polar surface area (TPSA) is 121 Å². The monoisotopic (exact) mass is 462 g/mol. The van der Waals surface area contributed by atoms with E-state index in [9.17, 15) is 19.8 Å². The van der Waals surface area contributed by atoms with E-state index >= 15 is 0 Å². The third kappa shape index (κ3) is 4.18.